The Morgan fingerprint density at radius 2 is 2.00 bits per heavy atom. The first-order chi connectivity index (χ1) is 11.0. The summed E-state index contributed by atoms with van der Waals surface area (Å²) in [6.45, 7) is 4.42. The van der Waals surface area contributed by atoms with Gasteiger partial charge in [-0.1, -0.05) is 17.7 Å². The van der Waals surface area contributed by atoms with Crippen molar-refractivity contribution in [1.82, 2.24) is 15.4 Å². The van der Waals surface area contributed by atoms with E-state index in [-0.39, 0.29) is 11.4 Å². The maximum absolute atomic E-state index is 12.1. The molecule has 3 N–H and O–H groups in total. The summed E-state index contributed by atoms with van der Waals surface area (Å²) in [4.78, 5) is 4.18. The van der Waals surface area contributed by atoms with E-state index in [4.69, 9.17) is 16.3 Å². The van der Waals surface area contributed by atoms with Gasteiger partial charge in [-0.3, -0.25) is 4.99 Å². The summed E-state index contributed by atoms with van der Waals surface area (Å²) in [6, 6.07) is 6.13. The predicted molar refractivity (Wildman–Crippen MR) is 92.5 cm³/mol. The van der Waals surface area contributed by atoms with Crippen LogP contribution in [-0.2, 0) is 14.8 Å². The smallest absolute Gasteiger partial charge is 0.240 e. The Morgan fingerprint density at radius 1 is 1.26 bits per heavy atom. The van der Waals surface area contributed by atoms with E-state index < -0.39 is 10.0 Å². The van der Waals surface area contributed by atoms with Gasteiger partial charge in [-0.05, 0) is 25.1 Å². The number of nitrogens with one attached hydrogen (secondary N) is 3. The molecule has 23 heavy (non-hydrogen) atoms. The Morgan fingerprint density at radius 3 is 2.65 bits per heavy atom. The van der Waals surface area contributed by atoms with Gasteiger partial charge in [0.05, 0.1) is 11.5 Å². The Balaban J connectivity index is 2.35. The van der Waals surface area contributed by atoms with Gasteiger partial charge in [0.15, 0.2) is 5.96 Å². The zero-order chi connectivity index (χ0) is 17.1. The highest BCUT2D eigenvalue weighted by Gasteiger charge is 2.13. The monoisotopic (exact) mass is 362 g/mol. The Bertz CT molecular complexity index is 608. The molecule has 0 heterocycles. The lowest BCUT2D eigenvalue weighted by atomic mass is 10.4. The highest BCUT2D eigenvalue weighted by molar-refractivity contribution is 7.89. The standard InChI is InChI=1S/C14H23ClN4O3S/c1-3-22-10-9-18-14(16-2)17-7-8-19-23(20,21)13-6-4-5-12(15)11-13/h4-6,11,19H,3,7-10H2,1-2H3,(H2,16,17,18). The van der Waals surface area contributed by atoms with Gasteiger partial charge in [0.1, 0.15) is 0 Å². The predicted octanol–water partition coefficient (Wildman–Crippen LogP) is 0.820. The van der Waals surface area contributed by atoms with Gasteiger partial charge in [-0.15, -0.1) is 0 Å². The second kappa shape index (κ2) is 10.4. The van der Waals surface area contributed by atoms with Gasteiger partial charge in [0.25, 0.3) is 0 Å². The number of ether oxygens (including phenoxy) is 1. The number of nitrogens with zero attached hydrogens (tertiary/aromatic N) is 1. The summed E-state index contributed by atoms with van der Waals surface area (Å²) in [5.74, 6) is 0.589. The van der Waals surface area contributed by atoms with Gasteiger partial charge in [0.2, 0.25) is 10.0 Å². The molecule has 0 fully saturated rings. The first kappa shape index (κ1) is 19.7. The summed E-state index contributed by atoms with van der Waals surface area (Å²) in [5.41, 5.74) is 0. The number of hydrogen-bond acceptors (Lipinski definition) is 4. The van der Waals surface area contributed by atoms with Crippen LogP contribution in [0, 0.1) is 0 Å². The van der Waals surface area contributed by atoms with Crippen LogP contribution in [0.15, 0.2) is 34.2 Å². The van der Waals surface area contributed by atoms with E-state index in [1.165, 1.54) is 12.1 Å². The molecule has 0 aliphatic carbocycles. The number of guanidine groups is 1. The molecule has 0 bridgehead atoms. The molecule has 0 saturated heterocycles. The summed E-state index contributed by atoms with van der Waals surface area (Å²) in [7, 11) is -1.92. The van der Waals surface area contributed by atoms with Crippen molar-refractivity contribution in [3.05, 3.63) is 29.3 Å². The molecule has 0 aromatic heterocycles. The molecule has 0 spiro atoms. The molecule has 7 nitrogen and oxygen atoms in total. The summed E-state index contributed by atoms with van der Waals surface area (Å²) >= 11 is 5.80. The average molecular weight is 363 g/mol. The van der Waals surface area contributed by atoms with E-state index >= 15 is 0 Å². The molecule has 0 radical (unpaired) electrons. The summed E-state index contributed by atoms with van der Waals surface area (Å²) in [6.07, 6.45) is 0. The Kier molecular flexibility index (Phi) is 8.93. The quantitative estimate of drug-likeness (QED) is 0.343. The molecule has 130 valence electrons. The molecule has 1 rings (SSSR count). The van der Waals surface area contributed by atoms with Crippen LogP contribution in [0.25, 0.3) is 0 Å². The van der Waals surface area contributed by atoms with Gasteiger partial charge in [0, 0.05) is 38.3 Å². The minimum Gasteiger partial charge on any atom is -0.380 e. The van der Waals surface area contributed by atoms with Gasteiger partial charge in [-0.25, -0.2) is 13.1 Å². The number of hydrogen-bond donors (Lipinski definition) is 3. The molecule has 9 heteroatoms. The van der Waals surface area contributed by atoms with E-state index in [1.807, 2.05) is 6.92 Å². The maximum Gasteiger partial charge on any atom is 0.240 e. The molecule has 0 unspecified atom stereocenters. The lowest BCUT2D eigenvalue weighted by Crippen LogP contribution is -2.42. The van der Waals surface area contributed by atoms with Crippen LogP contribution in [-0.4, -0.2) is 54.3 Å². The lowest BCUT2D eigenvalue weighted by molar-refractivity contribution is 0.152. The number of benzene rings is 1. The Hall–Kier alpha value is -1.35. The third kappa shape index (κ3) is 7.65. The molecule has 0 atom stereocenters. The SMILES string of the molecule is CCOCCNC(=NC)NCCNS(=O)(=O)c1cccc(Cl)c1. The molecular weight excluding hydrogens is 340 g/mol. The lowest BCUT2D eigenvalue weighted by Gasteiger charge is -2.12. The highest BCUT2D eigenvalue weighted by Crippen LogP contribution is 2.14. The minimum atomic E-state index is -3.57. The third-order valence-electron chi connectivity index (χ3n) is 2.78. The van der Waals surface area contributed by atoms with Crippen molar-refractivity contribution >= 4 is 27.6 Å². The van der Waals surface area contributed by atoms with E-state index in [9.17, 15) is 8.42 Å². The molecular formula is C14H23ClN4O3S. The molecule has 0 saturated carbocycles. The second-order valence-electron chi connectivity index (χ2n) is 4.48. The van der Waals surface area contributed by atoms with Crippen molar-refractivity contribution in [2.24, 2.45) is 4.99 Å². The van der Waals surface area contributed by atoms with E-state index in [0.29, 0.717) is 37.3 Å². The number of aliphatic imine (C=N–C) groups is 1. The maximum atomic E-state index is 12.1. The first-order valence-corrected chi connectivity index (χ1v) is 9.13. The molecule has 0 aliphatic heterocycles. The van der Waals surface area contributed by atoms with Crippen molar-refractivity contribution < 1.29 is 13.2 Å². The average Bonchev–Trinajstić information content (AvgIpc) is 2.53. The van der Waals surface area contributed by atoms with E-state index in [2.05, 4.69) is 20.3 Å². The van der Waals surface area contributed by atoms with Gasteiger partial charge >= 0.3 is 0 Å². The molecule has 1 aromatic rings. The topological polar surface area (TPSA) is 91.8 Å². The van der Waals surface area contributed by atoms with Crippen LogP contribution in [0.3, 0.4) is 0 Å². The normalized spacial score (nSPS) is 12.2. The van der Waals surface area contributed by atoms with Crippen molar-refractivity contribution in [2.45, 2.75) is 11.8 Å². The molecule has 0 amide bonds. The fourth-order valence-corrected chi connectivity index (χ4v) is 3.02. The van der Waals surface area contributed by atoms with Crippen molar-refractivity contribution in [3.63, 3.8) is 0 Å². The number of halogens is 1. The van der Waals surface area contributed by atoms with Crippen LogP contribution >= 0.6 is 11.6 Å². The van der Waals surface area contributed by atoms with Crippen molar-refractivity contribution in [1.29, 1.82) is 0 Å². The molecule has 0 aliphatic rings. The van der Waals surface area contributed by atoms with Gasteiger partial charge in [-0.2, -0.15) is 0 Å². The van der Waals surface area contributed by atoms with E-state index in [1.54, 1.807) is 19.2 Å². The van der Waals surface area contributed by atoms with Crippen LogP contribution < -0.4 is 15.4 Å². The van der Waals surface area contributed by atoms with Crippen molar-refractivity contribution in [3.8, 4) is 0 Å². The second-order valence-corrected chi connectivity index (χ2v) is 6.68. The van der Waals surface area contributed by atoms with Crippen LogP contribution in [0.4, 0.5) is 0 Å². The highest BCUT2D eigenvalue weighted by atomic mass is 35.5. The third-order valence-corrected chi connectivity index (χ3v) is 4.48. The van der Waals surface area contributed by atoms with Crippen LogP contribution in [0.1, 0.15) is 6.92 Å². The van der Waals surface area contributed by atoms with E-state index in [0.717, 1.165) is 0 Å². The van der Waals surface area contributed by atoms with Crippen LogP contribution in [0.5, 0.6) is 0 Å². The molecule has 1 aromatic carbocycles. The van der Waals surface area contributed by atoms with Gasteiger partial charge < -0.3 is 15.4 Å². The fourth-order valence-electron chi connectivity index (χ4n) is 1.69. The number of sulfonamides is 1. The first-order valence-electron chi connectivity index (χ1n) is 7.27. The number of rotatable bonds is 9. The largest absolute Gasteiger partial charge is 0.380 e. The summed E-state index contributed by atoms with van der Waals surface area (Å²) in [5, 5.41) is 6.45. The zero-order valence-electron chi connectivity index (χ0n) is 13.3. The fraction of sp³-hybridized carbons (Fsp3) is 0.500. The summed E-state index contributed by atoms with van der Waals surface area (Å²) < 4.78 is 31.9. The zero-order valence-corrected chi connectivity index (χ0v) is 14.9. The minimum absolute atomic E-state index is 0.143. The van der Waals surface area contributed by atoms with Crippen LogP contribution in [0.2, 0.25) is 5.02 Å². The van der Waals surface area contributed by atoms with Crippen molar-refractivity contribution in [2.75, 3.05) is 39.9 Å². The Labute approximate surface area is 142 Å².